The second kappa shape index (κ2) is 6.47. The van der Waals surface area contributed by atoms with Crippen molar-refractivity contribution < 1.29 is 13.9 Å². The quantitative estimate of drug-likeness (QED) is 0.787. The number of ether oxygens (including phenoxy) is 1. The summed E-state index contributed by atoms with van der Waals surface area (Å²) >= 11 is 0. The van der Waals surface area contributed by atoms with Crippen molar-refractivity contribution in [2.24, 2.45) is 0 Å². The summed E-state index contributed by atoms with van der Waals surface area (Å²) in [7, 11) is 1.61. The van der Waals surface area contributed by atoms with Gasteiger partial charge in [-0.05, 0) is 57.2 Å². The second-order valence-corrected chi connectivity index (χ2v) is 6.71. The zero-order valence-corrected chi connectivity index (χ0v) is 14.7. The van der Waals surface area contributed by atoms with Crippen molar-refractivity contribution in [3.05, 3.63) is 54.4 Å². The molecule has 3 rings (SSSR count). The van der Waals surface area contributed by atoms with Gasteiger partial charge in [0.2, 0.25) is 0 Å². The van der Waals surface area contributed by atoms with Crippen molar-refractivity contribution in [3.63, 3.8) is 0 Å². The van der Waals surface area contributed by atoms with E-state index in [1.54, 1.807) is 30.2 Å². The maximum atomic E-state index is 12.7. The first-order valence-electron chi connectivity index (χ1n) is 7.98. The van der Waals surface area contributed by atoms with Crippen LogP contribution in [0.1, 0.15) is 31.3 Å². The highest BCUT2D eigenvalue weighted by Gasteiger charge is 2.22. The van der Waals surface area contributed by atoms with Gasteiger partial charge in [-0.3, -0.25) is 4.79 Å². The Labute approximate surface area is 146 Å². The average Bonchev–Trinajstić information content (AvgIpc) is 3.22. The summed E-state index contributed by atoms with van der Waals surface area (Å²) in [4.78, 5) is 12.7. The van der Waals surface area contributed by atoms with Gasteiger partial charge in [-0.15, -0.1) is 0 Å². The zero-order valence-electron chi connectivity index (χ0n) is 14.7. The largest absolute Gasteiger partial charge is 0.497 e. The lowest BCUT2D eigenvalue weighted by Gasteiger charge is -2.20. The molecule has 0 radical (unpaired) electrons. The molecule has 1 amide bonds. The predicted molar refractivity (Wildman–Crippen MR) is 95.0 cm³/mol. The number of rotatable bonds is 4. The van der Waals surface area contributed by atoms with Gasteiger partial charge in [-0.2, -0.15) is 5.10 Å². The molecule has 0 bridgehead atoms. The van der Waals surface area contributed by atoms with Crippen molar-refractivity contribution in [1.82, 2.24) is 15.1 Å². The van der Waals surface area contributed by atoms with E-state index in [0.717, 1.165) is 11.4 Å². The molecular formula is C19H21N3O3. The number of amides is 1. The van der Waals surface area contributed by atoms with Crippen molar-refractivity contribution in [2.45, 2.75) is 26.3 Å². The van der Waals surface area contributed by atoms with Crippen LogP contribution < -0.4 is 10.1 Å². The van der Waals surface area contributed by atoms with E-state index in [1.165, 1.54) is 0 Å². The van der Waals surface area contributed by atoms with E-state index in [2.05, 4.69) is 10.4 Å². The number of nitrogens with zero attached hydrogens (tertiary/aromatic N) is 2. The molecule has 0 aliphatic carbocycles. The average molecular weight is 339 g/mol. The molecule has 0 saturated carbocycles. The fourth-order valence-electron chi connectivity index (χ4n) is 2.41. The number of hydrogen-bond acceptors (Lipinski definition) is 4. The number of hydrogen-bond donors (Lipinski definition) is 1. The summed E-state index contributed by atoms with van der Waals surface area (Å²) in [6, 6.07) is 12.7. The van der Waals surface area contributed by atoms with E-state index in [1.807, 2.05) is 51.1 Å². The Balaban J connectivity index is 2.06. The Hall–Kier alpha value is -3.02. The zero-order chi connectivity index (χ0) is 18.0. The molecule has 2 heterocycles. The van der Waals surface area contributed by atoms with Crippen molar-refractivity contribution in [3.8, 4) is 22.9 Å². The van der Waals surface area contributed by atoms with Gasteiger partial charge in [0.25, 0.3) is 5.91 Å². The summed E-state index contributed by atoms with van der Waals surface area (Å²) in [5.41, 5.74) is 1.45. The van der Waals surface area contributed by atoms with Gasteiger partial charge in [-0.1, -0.05) is 0 Å². The first-order valence-corrected chi connectivity index (χ1v) is 7.98. The third kappa shape index (κ3) is 3.74. The molecule has 0 fully saturated rings. The van der Waals surface area contributed by atoms with Crippen LogP contribution in [0.25, 0.3) is 17.1 Å². The van der Waals surface area contributed by atoms with Crippen LogP contribution in [-0.4, -0.2) is 28.3 Å². The lowest BCUT2D eigenvalue weighted by atomic mass is 10.1. The molecule has 2 aromatic heterocycles. The number of carbonyl (C=O) groups is 1. The Morgan fingerprint density at radius 2 is 1.92 bits per heavy atom. The molecule has 3 aromatic rings. The topological polar surface area (TPSA) is 69.3 Å². The van der Waals surface area contributed by atoms with Crippen LogP contribution in [0.5, 0.6) is 5.75 Å². The molecule has 25 heavy (non-hydrogen) atoms. The fraction of sp³-hybridized carbons (Fsp3) is 0.263. The van der Waals surface area contributed by atoms with Crippen molar-refractivity contribution >= 4 is 5.91 Å². The molecule has 0 spiro atoms. The third-order valence-corrected chi connectivity index (χ3v) is 3.52. The normalized spacial score (nSPS) is 11.4. The number of carbonyl (C=O) groups excluding carboxylic acids is 1. The van der Waals surface area contributed by atoms with Gasteiger partial charge < -0.3 is 14.5 Å². The van der Waals surface area contributed by atoms with E-state index < -0.39 is 0 Å². The standard InChI is InChI=1S/C19H21N3O3/c1-19(2,3)20-18(23)16-12-15(17-6-5-11-25-17)21-22(16)13-7-9-14(24-4)10-8-13/h5-12H,1-4H3,(H,20,23). The molecule has 0 unspecified atom stereocenters. The summed E-state index contributed by atoms with van der Waals surface area (Å²) in [5.74, 6) is 1.15. The molecule has 0 atom stereocenters. The molecule has 6 nitrogen and oxygen atoms in total. The molecule has 0 aliphatic rings. The van der Waals surface area contributed by atoms with Crippen LogP contribution >= 0.6 is 0 Å². The van der Waals surface area contributed by atoms with Gasteiger partial charge in [0.15, 0.2) is 5.76 Å². The third-order valence-electron chi connectivity index (χ3n) is 3.52. The van der Waals surface area contributed by atoms with Gasteiger partial charge >= 0.3 is 0 Å². The Kier molecular flexibility index (Phi) is 4.35. The number of nitrogens with one attached hydrogen (secondary N) is 1. The van der Waals surface area contributed by atoms with E-state index in [-0.39, 0.29) is 11.4 Å². The first-order chi connectivity index (χ1) is 11.9. The minimum atomic E-state index is -0.350. The maximum Gasteiger partial charge on any atom is 0.270 e. The molecular weight excluding hydrogens is 318 g/mol. The number of aromatic nitrogens is 2. The monoisotopic (exact) mass is 339 g/mol. The van der Waals surface area contributed by atoms with E-state index in [0.29, 0.717) is 17.1 Å². The molecule has 1 aromatic carbocycles. The Morgan fingerprint density at radius 3 is 2.48 bits per heavy atom. The summed E-state index contributed by atoms with van der Waals surface area (Å²) in [6.07, 6.45) is 1.58. The SMILES string of the molecule is COc1ccc(-n2nc(-c3ccco3)cc2C(=O)NC(C)(C)C)cc1. The maximum absolute atomic E-state index is 12.7. The summed E-state index contributed by atoms with van der Waals surface area (Å²) in [6.45, 7) is 5.81. The van der Waals surface area contributed by atoms with Gasteiger partial charge in [0, 0.05) is 11.6 Å². The van der Waals surface area contributed by atoms with E-state index >= 15 is 0 Å². The highest BCUT2D eigenvalue weighted by molar-refractivity contribution is 5.94. The van der Waals surface area contributed by atoms with Gasteiger partial charge in [-0.25, -0.2) is 4.68 Å². The Morgan fingerprint density at radius 1 is 1.20 bits per heavy atom. The molecule has 130 valence electrons. The molecule has 0 aliphatic heterocycles. The minimum Gasteiger partial charge on any atom is -0.497 e. The van der Waals surface area contributed by atoms with Gasteiger partial charge in [0.05, 0.1) is 19.1 Å². The number of furan rings is 1. The highest BCUT2D eigenvalue weighted by atomic mass is 16.5. The van der Waals surface area contributed by atoms with Crippen LogP contribution in [0.4, 0.5) is 0 Å². The highest BCUT2D eigenvalue weighted by Crippen LogP contribution is 2.23. The first kappa shape index (κ1) is 16.8. The van der Waals surface area contributed by atoms with Crippen molar-refractivity contribution in [2.75, 3.05) is 7.11 Å². The van der Waals surface area contributed by atoms with Crippen LogP contribution in [0, 0.1) is 0 Å². The number of benzene rings is 1. The minimum absolute atomic E-state index is 0.200. The molecule has 1 N–H and O–H groups in total. The summed E-state index contributed by atoms with van der Waals surface area (Å²) < 4.78 is 12.2. The summed E-state index contributed by atoms with van der Waals surface area (Å²) in [5, 5.41) is 7.52. The fourth-order valence-corrected chi connectivity index (χ4v) is 2.41. The lowest BCUT2D eigenvalue weighted by molar-refractivity contribution is 0.0911. The lowest BCUT2D eigenvalue weighted by Crippen LogP contribution is -2.41. The van der Waals surface area contributed by atoms with Crippen LogP contribution in [-0.2, 0) is 0 Å². The van der Waals surface area contributed by atoms with Crippen LogP contribution in [0.2, 0.25) is 0 Å². The smallest absolute Gasteiger partial charge is 0.270 e. The van der Waals surface area contributed by atoms with Crippen molar-refractivity contribution in [1.29, 1.82) is 0 Å². The predicted octanol–water partition coefficient (Wildman–Crippen LogP) is 3.67. The van der Waals surface area contributed by atoms with Gasteiger partial charge in [0.1, 0.15) is 17.1 Å². The molecule has 6 heteroatoms. The van der Waals surface area contributed by atoms with Crippen LogP contribution in [0.15, 0.2) is 53.1 Å². The van der Waals surface area contributed by atoms with E-state index in [4.69, 9.17) is 9.15 Å². The number of methoxy groups -OCH3 is 1. The van der Waals surface area contributed by atoms with Crippen LogP contribution in [0.3, 0.4) is 0 Å². The molecule has 0 saturated heterocycles. The Bertz CT molecular complexity index is 856. The van der Waals surface area contributed by atoms with E-state index in [9.17, 15) is 4.79 Å². The second-order valence-electron chi connectivity index (χ2n) is 6.71.